The zero-order valence-electron chi connectivity index (χ0n) is 10.8. The molecule has 1 aliphatic heterocycles. The van der Waals surface area contributed by atoms with Crippen molar-refractivity contribution in [2.75, 3.05) is 13.1 Å². The van der Waals surface area contributed by atoms with Gasteiger partial charge in [-0.2, -0.15) is 13.9 Å². The van der Waals surface area contributed by atoms with E-state index in [9.17, 15) is 13.6 Å². The lowest BCUT2D eigenvalue weighted by Crippen LogP contribution is -2.55. The number of amides is 1. The molecule has 2 aromatic rings. The predicted octanol–water partition coefficient (Wildman–Crippen LogP) is 2.22. The van der Waals surface area contributed by atoms with Gasteiger partial charge in [-0.05, 0) is 6.07 Å². The van der Waals surface area contributed by atoms with E-state index in [-0.39, 0.29) is 29.2 Å². The minimum absolute atomic E-state index is 0.0912. The first kappa shape index (κ1) is 14.1. The first-order valence-corrected chi connectivity index (χ1v) is 7.05. The van der Waals surface area contributed by atoms with Gasteiger partial charge in [0.05, 0.1) is 6.04 Å². The highest BCUT2D eigenvalue weighted by Crippen LogP contribution is 2.37. The smallest absolute Gasteiger partial charge is 0.333 e. The molecule has 21 heavy (non-hydrogen) atoms. The number of benzene rings is 1. The first-order valence-electron chi connectivity index (χ1n) is 6.26. The third-order valence-electron chi connectivity index (χ3n) is 3.44. The highest BCUT2D eigenvalue weighted by molar-refractivity contribution is 9.10. The number of halogens is 3. The lowest BCUT2D eigenvalue weighted by atomic mass is 10.0. The molecule has 0 radical (unpaired) electrons. The number of likely N-dealkylation sites (tertiary alicyclic amines) is 1. The van der Waals surface area contributed by atoms with Gasteiger partial charge in [-0.3, -0.25) is 4.79 Å². The van der Waals surface area contributed by atoms with E-state index in [1.54, 1.807) is 10.7 Å². The normalized spacial score (nSPS) is 15.9. The van der Waals surface area contributed by atoms with Crippen molar-refractivity contribution in [3.8, 4) is 0 Å². The standard InChI is InChI=1S/C13H11BrF2N4O/c14-11-4-2-1-3-10(11)13(15,16)12(21)19-5-9(6-19)20-8-17-7-18-20/h1-4,7-9H,5-6H2. The topological polar surface area (TPSA) is 51.0 Å². The largest absolute Gasteiger partial charge is 0.351 e. The first-order chi connectivity index (χ1) is 10.00. The lowest BCUT2D eigenvalue weighted by molar-refractivity contribution is -0.165. The van der Waals surface area contributed by atoms with Gasteiger partial charge in [-0.15, -0.1) is 0 Å². The number of hydrogen-bond acceptors (Lipinski definition) is 3. The van der Waals surface area contributed by atoms with Crippen molar-refractivity contribution >= 4 is 21.8 Å². The highest BCUT2D eigenvalue weighted by Gasteiger charge is 2.48. The summed E-state index contributed by atoms with van der Waals surface area (Å²) in [7, 11) is 0. The molecule has 1 amide bonds. The summed E-state index contributed by atoms with van der Waals surface area (Å²) in [4.78, 5) is 17.0. The number of hydrogen-bond donors (Lipinski definition) is 0. The average Bonchev–Trinajstić information content (AvgIpc) is 2.91. The quantitative estimate of drug-likeness (QED) is 0.847. The third-order valence-corrected chi connectivity index (χ3v) is 4.13. The van der Waals surface area contributed by atoms with Crippen molar-refractivity contribution in [3.05, 3.63) is 47.0 Å². The van der Waals surface area contributed by atoms with E-state index in [0.29, 0.717) is 0 Å². The summed E-state index contributed by atoms with van der Waals surface area (Å²) in [6, 6.07) is 5.75. The van der Waals surface area contributed by atoms with Crippen molar-refractivity contribution < 1.29 is 13.6 Å². The summed E-state index contributed by atoms with van der Waals surface area (Å²) < 4.78 is 30.4. The molecule has 1 aromatic heterocycles. The number of aromatic nitrogens is 3. The number of rotatable bonds is 3. The molecule has 0 N–H and O–H groups in total. The van der Waals surface area contributed by atoms with Crippen LogP contribution in [0.5, 0.6) is 0 Å². The molecule has 110 valence electrons. The summed E-state index contributed by atoms with van der Waals surface area (Å²) in [6.45, 7) is 0.421. The molecule has 1 saturated heterocycles. The van der Waals surface area contributed by atoms with E-state index in [0.717, 1.165) is 4.90 Å². The Morgan fingerprint density at radius 3 is 2.67 bits per heavy atom. The molecular weight excluding hydrogens is 346 g/mol. The van der Waals surface area contributed by atoms with Crippen LogP contribution in [0.25, 0.3) is 0 Å². The summed E-state index contributed by atoms with van der Waals surface area (Å²) in [5.74, 6) is -4.74. The van der Waals surface area contributed by atoms with Gasteiger partial charge in [0.15, 0.2) is 0 Å². The second-order valence-corrected chi connectivity index (χ2v) is 5.65. The molecule has 0 unspecified atom stereocenters. The molecule has 2 heterocycles. The Kier molecular flexibility index (Phi) is 3.48. The Bertz CT molecular complexity index is 656. The SMILES string of the molecule is O=C(N1CC(n2cncn2)C1)C(F)(F)c1ccccc1Br. The summed E-state index contributed by atoms with van der Waals surface area (Å²) in [5, 5.41) is 3.94. The van der Waals surface area contributed by atoms with Gasteiger partial charge in [0.1, 0.15) is 12.7 Å². The van der Waals surface area contributed by atoms with Gasteiger partial charge in [0.2, 0.25) is 0 Å². The van der Waals surface area contributed by atoms with Gasteiger partial charge in [0, 0.05) is 23.1 Å². The molecule has 0 bridgehead atoms. The van der Waals surface area contributed by atoms with Crippen LogP contribution in [0.1, 0.15) is 11.6 Å². The zero-order valence-corrected chi connectivity index (χ0v) is 12.4. The molecule has 0 atom stereocenters. The fourth-order valence-corrected chi connectivity index (χ4v) is 2.76. The van der Waals surface area contributed by atoms with E-state index in [1.807, 2.05) is 0 Å². The van der Waals surface area contributed by atoms with E-state index < -0.39 is 11.8 Å². The Morgan fingerprint density at radius 2 is 2.05 bits per heavy atom. The summed E-state index contributed by atoms with van der Waals surface area (Å²) >= 11 is 3.06. The molecule has 0 saturated carbocycles. The van der Waals surface area contributed by atoms with Crippen LogP contribution in [0, 0.1) is 0 Å². The Hall–Kier alpha value is -1.83. The maximum absolute atomic E-state index is 14.3. The van der Waals surface area contributed by atoms with Crippen molar-refractivity contribution in [1.29, 1.82) is 0 Å². The molecule has 1 aromatic carbocycles. The van der Waals surface area contributed by atoms with Crippen molar-refractivity contribution in [3.63, 3.8) is 0 Å². The van der Waals surface area contributed by atoms with Gasteiger partial charge < -0.3 is 4.90 Å². The molecule has 5 nitrogen and oxygen atoms in total. The zero-order chi connectivity index (χ0) is 15.0. The number of alkyl halides is 2. The fraction of sp³-hybridized carbons (Fsp3) is 0.308. The molecular formula is C13H11BrF2N4O. The second-order valence-electron chi connectivity index (χ2n) is 4.79. The summed E-state index contributed by atoms with van der Waals surface area (Å²) in [6.07, 6.45) is 2.89. The van der Waals surface area contributed by atoms with Crippen LogP contribution in [-0.4, -0.2) is 38.7 Å². The highest BCUT2D eigenvalue weighted by atomic mass is 79.9. The van der Waals surface area contributed by atoms with Crippen LogP contribution in [0.15, 0.2) is 41.4 Å². The van der Waals surface area contributed by atoms with Crippen molar-refractivity contribution in [2.24, 2.45) is 0 Å². The Morgan fingerprint density at radius 1 is 1.33 bits per heavy atom. The number of carbonyl (C=O) groups is 1. The van der Waals surface area contributed by atoms with Crippen LogP contribution >= 0.6 is 15.9 Å². The molecule has 0 spiro atoms. The van der Waals surface area contributed by atoms with E-state index in [1.165, 1.54) is 30.9 Å². The maximum atomic E-state index is 14.3. The predicted molar refractivity (Wildman–Crippen MR) is 73.7 cm³/mol. The van der Waals surface area contributed by atoms with Crippen LogP contribution in [0.4, 0.5) is 8.78 Å². The van der Waals surface area contributed by atoms with Crippen molar-refractivity contribution in [2.45, 2.75) is 12.0 Å². The van der Waals surface area contributed by atoms with Gasteiger partial charge in [0.25, 0.3) is 5.91 Å². The van der Waals surface area contributed by atoms with Crippen LogP contribution in [-0.2, 0) is 10.7 Å². The van der Waals surface area contributed by atoms with E-state index >= 15 is 0 Å². The van der Waals surface area contributed by atoms with Crippen LogP contribution < -0.4 is 0 Å². The lowest BCUT2D eigenvalue weighted by Gasteiger charge is -2.40. The number of nitrogens with zero attached hydrogens (tertiary/aromatic N) is 4. The van der Waals surface area contributed by atoms with Crippen LogP contribution in [0.3, 0.4) is 0 Å². The van der Waals surface area contributed by atoms with Gasteiger partial charge >= 0.3 is 5.92 Å². The Labute approximate surface area is 127 Å². The maximum Gasteiger partial charge on any atom is 0.351 e. The summed E-state index contributed by atoms with van der Waals surface area (Å²) in [5.41, 5.74) is -0.320. The molecule has 3 rings (SSSR count). The molecule has 0 aliphatic carbocycles. The molecule has 1 fully saturated rings. The third kappa shape index (κ3) is 2.44. The van der Waals surface area contributed by atoms with Crippen molar-refractivity contribution in [1.82, 2.24) is 19.7 Å². The molecule has 8 heteroatoms. The number of carbonyl (C=O) groups excluding carboxylic acids is 1. The minimum atomic E-state index is -3.55. The minimum Gasteiger partial charge on any atom is -0.333 e. The second kappa shape index (κ2) is 5.18. The van der Waals surface area contributed by atoms with Gasteiger partial charge in [-0.25, -0.2) is 9.67 Å². The van der Waals surface area contributed by atoms with Crippen LogP contribution in [0.2, 0.25) is 0 Å². The van der Waals surface area contributed by atoms with Gasteiger partial charge in [-0.1, -0.05) is 34.1 Å². The van der Waals surface area contributed by atoms with E-state index in [4.69, 9.17) is 0 Å². The Balaban J connectivity index is 1.73. The fourth-order valence-electron chi connectivity index (χ4n) is 2.22. The monoisotopic (exact) mass is 356 g/mol. The molecule has 1 aliphatic rings. The van der Waals surface area contributed by atoms with E-state index in [2.05, 4.69) is 26.0 Å². The average molecular weight is 357 g/mol.